The predicted octanol–water partition coefficient (Wildman–Crippen LogP) is 4.31. The second kappa shape index (κ2) is 11.8. The van der Waals surface area contributed by atoms with Crippen LogP contribution in [0.3, 0.4) is 0 Å². The van der Waals surface area contributed by atoms with E-state index in [4.69, 9.17) is 4.74 Å². The molecule has 0 bridgehead atoms. The Morgan fingerprint density at radius 1 is 1.21 bits per heavy atom. The van der Waals surface area contributed by atoms with Crippen molar-refractivity contribution in [1.82, 2.24) is 5.32 Å². The van der Waals surface area contributed by atoms with Crippen molar-refractivity contribution in [3.8, 4) is 0 Å². The zero-order chi connectivity index (χ0) is 22.0. The minimum absolute atomic E-state index is 0.0255. The van der Waals surface area contributed by atoms with Crippen LogP contribution in [0.2, 0.25) is 0 Å². The molecule has 1 aromatic rings. The van der Waals surface area contributed by atoms with Gasteiger partial charge in [-0.25, -0.2) is 0 Å². The lowest BCUT2D eigenvalue weighted by Gasteiger charge is -2.23. The Bertz CT molecular complexity index is 666. The van der Waals surface area contributed by atoms with Gasteiger partial charge in [-0.15, -0.1) is 0 Å². The molecule has 0 saturated heterocycles. The maximum atomic E-state index is 12.7. The molecule has 0 aliphatic rings. The summed E-state index contributed by atoms with van der Waals surface area (Å²) < 4.78 is 5.30. The van der Waals surface area contributed by atoms with Crippen molar-refractivity contribution < 1.29 is 14.3 Å². The first-order valence-corrected chi connectivity index (χ1v) is 10.5. The van der Waals surface area contributed by atoms with Gasteiger partial charge in [0.2, 0.25) is 5.91 Å². The van der Waals surface area contributed by atoms with E-state index in [1.807, 2.05) is 38.1 Å². The molecule has 29 heavy (non-hydrogen) atoms. The fraction of sp³-hybridized carbons (Fsp3) is 0.652. The summed E-state index contributed by atoms with van der Waals surface area (Å²) in [5.74, 6) is 0.119. The molecule has 1 rings (SSSR count). The summed E-state index contributed by atoms with van der Waals surface area (Å²) >= 11 is 0. The summed E-state index contributed by atoms with van der Waals surface area (Å²) in [6, 6.07) is 5.45. The van der Waals surface area contributed by atoms with Gasteiger partial charge in [0.1, 0.15) is 0 Å². The van der Waals surface area contributed by atoms with Gasteiger partial charge in [-0.1, -0.05) is 27.7 Å². The largest absolute Gasteiger partial charge is 0.382 e. The lowest BCUT2D eigenvalue weighted by Crippen LogP contribution is -2.27. The van der Waals surface area contributed by atoms with Gasteiger partial charge in [-0.2, -0.15) is 0 Å². The molecule has 6 nitrogen and oxygen atoms in total. The minimum atomic E-state index is -0.151. The average molecular weight is 406 g/mol. The van der Waals surface area contributed by atoms with E-state index >= 15 is 0 Å². The summed E-state index contributed by atoms with van der Waals surface area (Å²) in [7, 11) is 3.79. The second-order valence-electron chi connectivity index (χ2n) is 9.05. The van der Waals surface area contributed by atoms with Crippen LogP contribution < -0.4 is 15.5 Å². The molecule has 1 aromatic carbocycles. The Morgan fingerprint density at radius 3 is 2.48 bits per heavy atom. The molecule has 6 heteroatoms. The number of amides is 2. The predicted molar refractivity (Wildman–Crippen MR) is 121 cm³/mol. The van der Waals surface area contributed by atoms with Crippen LogP contribution in [0, 0.1) is 11.3 Å². The fourth-order valence-electron chi connectivity index (χ4n) is 3.45. The Morgan fingerprint density at radius 2 is 1.90 bits per heavy atom. The number of rotatable bonds is 11. The summed E-state index contributed by atoms with van der Waals surface area (Å²) in [5.41, 5.74) is 2.20. The number of ether oxygens (including phenoxy) is 1. The van der Waals surface area contributed by atoms with Crippen LogP contribution >= 0.6 is 0 Å². The molecule has 0 aliphatic carbocycles. The number of hydrogen-bond acceptors (Lipinski definition) is 4. The van der Waals surface area contributed by atoms with Crippen LogP contribution in [0.15, 0.2) is 18.2 Å². The molecule has 0 radical (unpaired) electrons. The van der Waals surface area contributed by atoms with E-state index in [2.05, 4.69) is 38.3 Å². The number of benzene rings is 1. The molecule has 2 N–H and O–H groups in total. The van der Waals surface area contributed by atoms with Gasteiger partial charge in [-0.3, -0.25) is 9.59 Å². The first-order valence-electron chi connectivity index (χ1n) is 10.5. The smallest absolute Gasteiger partial charge is 0.253 e. The molecular weight excluding hydrogens is 366 g/mol. The van der Waals surface area contributed by atoms with Gasteiger partial charge in [0.05, 0.1) is 5.56 Å². The first kappa shape index (κ1) is 25.0. The van der Waals surface area contributed by atoms with E-state index in [-0.39, 0.29) is 17.2 Å². The van der Waals surface area contributed by atoms with E-state index in [1.165, 1.54) is 0 Å². The van der Waals surface area contributed by atoms with E-state index in [0.29, 0.717) is 43.3 Å². The number of anilines is 2. The van der Waals surface area contributed by atoms with Crippen LogP contribution in [-0.4, -0.2) is 45.7 Å². The van der Waals surface area contributed by atoms with E-state index in [0.717, 1.165) is 18.5 Å². The normalized spacial score (nSPS) is 12.4. The van der Waals surface area contributed by atoms with E-state index < -0.39 is 0 Å². The molecule has 0 heterocycles. The first-order chi connectivity index (χ1) is 13.5. The number of nitrogens with one attached hydrogen (secondary N) is 2. The van der Waals surface area contributed by atoms with Gasteiger partial charge < -0.3 is 20.3 Å². The molecule has 1 atom stereocenters. The Hall–Kier alpha value is -2.08. The molecule has 0 aromatic heterocycles. The maximum Gasteiger partial charge on any atom is 0.253 e. The van der Waals surface area contributed by atoms with Gasteiger partial charge in [0, 0.05) is 51.6 Å². The third kappa shape index (κ3) is 9.79. The second-order valence-corrected chi connectivity index (χ2v) is 9.05. The zero-order valence-corrected chi connectivity index (χ0v) is 19.2. The van der Waals surface area contributed by atoms with Gasteiger partial charge in [0.15, 0.2) is 0 Å². The van der Waals surface area contributed by atoms with Gasteiger partial charge in [-0.05, 0) is 49.3 Å². The lowest BCUT2D eigenvalue weighted by molar-refractivity contribution is -0.117. The van der Waals surface area contributed by atoms with Crippen molar-refractivity contribution >= 4 is 23.2 Å². The number of carbonyl (C=O) groups is 2. The van der Waals surface area contributed by atoms with Gasteiger partial charge >= 0.3 is 0 Å². The van der Waals surface area contributed by atoms with Crippen molar-refractivity contribution in [2.24, 2.45) is 11.3 Å². The minimum Gasteiger partial charge on any atom is -0.382 e. The van der Waals surface area contributed by atoms with Crippen molar-refractivity contribution in [3.63, 3.8) is 0 Å². The highest BCUT2D eigenvalue weighted by atomic mass is 16.5. The molecule has 0 unspecified atom stereocenters. The standard InChI is InChI=1S/C23H39N3O3/c1-8-29-13-9-12-24-22(28)19-15-18(10-11-20(19)26(6)7)25-21(27)14-17(2)16-23(3,4)5/h10-11,15,17H,8-9,12-14,16H2,1-7H3,(H,24,28)(H,25,27)/t17-/m0/s1. The molecule has 164 valence electrons. The highest BCUT2D eigenvalue weighted by Crippen LogP contribution is 2.27. The van der Waals surface area contributed by atoms with Crippen molar-refractivity contribution in [2.45, 2.75) is 53.9 Å². The lowest BCUT2D eigenvalue weighted by atomic mass is 9.84. The molecule has 0 aliphatic heterocycles. The van der Waals surface area contributed by atoms with Crippen LogP contribution in [0.1, 0.15) is 64.2 Å². The molecule has 2 amide bonds. The number of nitrogens with zero attached hydrogens (tertiary/aromatic N) is 1. The van der Waals surface area contributed by atoms with Crippen LogP contribution in [-0.2, 0) is 9.53 Å². The van der Waals surface area contributed by atoms with Crippen LogP contribution in [0.25, 0.3) is 0 Å². The highest BCUT2D eigenvalue weighted by Gasteiger charge is 2.19. The van der Waals surface area contributed by atoms with Crippen LogP contribution in [0.4, 0.5) is 11.4 Å². The zero-order valence-electron chi connectivity index (χ0n) is 19.2. The third-order valence-corrected chi connectivity index (χ3v) is 4.46. The SMILES string of the molecule is CCOCCCNC(=O)c1cc(NC(=O)C[C@H](C)CC(C)(C)C)ccc1N(C)C. The van der Waals surface area contributed by atoms with Gasteiger partial charge in [0.25, 0.3) is 5.91 Å². The number of carbonyl (C=O) groups excluding carboxylic acids is 2. The quantitative estimate of drug-likeness (QED) is 0.538. The maximum absolute atomic E-state index is 12.7. The molecule has 0 saturated carbocycles. The molecule has 0 fully saturated rings. The molecule has 0 spiro atoms. The van der Waals surface area contributed by atoms with E-state index in [9.17, 15) is 9.59 Å². The fourth-order valence-corrected chi connectivity index (χ4v) is 3.45. The topological polar surface area (TPSA) is 70.7 Å². The highest BCUT2D eigenvalue weighted by molar-refractivity contribution is 6.02. The summed E-state index contributed by atoms with van der Waals surface area (Å²) in [6.45, 7) is 12.4. The van der Waals surface area contributed by atoms with E-state index in [1.54, 1.807) is 6.07 Å². The Kier molecular flexibility index (Phi) is 10.2. The number of hydrogen-bond donors (Lipinski definition) is 2. The van der Waals surface area contributed by atoms with Crippen molar-refractivity contribution in [1.29, 1.82) is 0 Å². The Labute approximate surface area is 176 Å². The Balaban J connectivity index is 2.78. The molecular formula is C23H39N3O3. The monoisotopic (exact) mass is 405 g/mol. The van der Waals surface area contributed by atoms with Crippen molar-refractivity contribution in [2.75, 3.05) is 44.1 Å². The summed E-state index contributed by atoms with van der Waals surface area (Å²) in [5, 5.41) is 5.88. The average Bonchev–Trinajstić information content (AvgIpc) is 2.59. The summed E-state index contributed by atoms with van der Waals surface area (Å²) in [6.07, 6.45) is 2.21. The summed E-state index contributed by atoms with van der Waals surface area (Å²) in [4.78, 5) is 27.0. The van der Waals surface area contributed by atoms with Crippen molar-refractivity contribution in [3.05, 3.63) is 23.8 Å². The third-order valence-electron chi connectivity index (χ3n) is 4.46. The van der Waals surface area contributed by atoms with Crippen LogP contribution in [0.5, 0.6) is 0 Å².